The van der Waals surface area contributed by atoms with Gasteiger partial charge in [0.15, 0.2) is 0 Å². The molecule has 0 bridgehead atoms. The topological polar surface area (TPSA) is 39.4 Å². The zero-order valence-electron chi connectivity index (χ0n) is 12.0. The lowest BCUT2D eigenvalue weighted by atomic mass is 10.1. The molecule has 0 saturated carbocycles. The minimum Gasteiger partial charge on any atom is -0.486 e. The van der Waals surface area contributed by atoms with Gasteiger partial charge in [0.25, 0.3) is 0 Å². The van der Waals surface area contributed by atoms with Crippen LogP contribution in [0.5, 0.6) is 5.75 Å². The highest BCUT2D eigenvalue weighted by molar-refractivity contribution is 5.81. The van der Waals surface area contributed by atoms with Crippen molar-refractivity contribution < 1.29 is 9.15 Å². The second-order valence-corrected chi connectivity index (χ2v) is 5.08. The minimum absolute atomic E-state index is 0.0693. The number of benzene rings is 2. The van der Waals surface area contributed by atoms with Crippen LogP contribution in [-0.4, -0.2) is 0 Å². The van der Waals surface area contributed by atoms with Crippen LogP contribution >= 0.6 is 0 Å². The Hall–Kier alpha value is -2.55. The fraction of sp³-hybridized carbons (Fsp3) is 0.167. The minimum atomic E-state index is -0.340. The van der Waals surface area contributed by atoms with E-state index in [1.54, 1.807) is 6.07 Å². The highest BCUT2D eigenvalue weighted by Crippen LogP contribution is 2.26. The van der Waals surface area contributed by atoms with Gasteiger partial charge in [-0.2, -0.15) is 0 Å². The quantitative estimate of drug-likeness (QED) is 0.674. The van der Waals surface area contributed by atoms with Crippen LogP contribution < -0.4 is 10.4 Å². The van der Waals surface area contributed by atoms with Gasteiger partial charge in [0.1, 0.15) is 17.4 Å². The first-order valence-electron chi connectivity index (χ1n) is 6.89. The molecule has 0 unspecified atom stereocenters. The fourth-order valence-corrected chi connectivity index (χ4v) is 2.37. The van der Waals surface area contributed by atoms with Gasteiger partial charge in [0.2, 0.25) is 0 Å². The molecule has 0 saturated heterocycles. The third kappa shape index (κ3) is 2.82. The van der Waals surface area contributed by atoms with E-state index in [0.29, 0.717) is 11.3 Å². The second kappa shape index (κ2) is 5.44. The van der Waals surface area contributed by atoms with Crippen molar-refractivity contribution in [3.8, 4) is 5.75 Å². The normalized spacial score (nSPS) is 12.3. The van der Waals surface area contributed by atoms with E-state index < -0.39 is 0 Å². The predicted octanol–water partition coefficient (Wildman–Crippen LogP) is 4.24. The van der Waals surface area contributed by atoms with E-state index in [4.69, 9.17) is 9.15 Å². The maximum absolute atomic E-state index is 11.5. The van der Waals surface area contributed by atoms with E-state index in [1.165, 1.54) is 6.07 Å². The molecule has 0 aliphatic carbocycles. The first-order valence-corrected chi connectivity index (χ1v) is 6.89. The van der Waals surface area contributed by atoms with Crippen LogP contribution in [0.3, 0.4) is 0 Å². The van der Waals surface area contributed by atoms with Crippen molar-refractivity contribution in [2.24, 2.45) is 0 Å². The molecule has 1 atom stereocenters. The first-order chi connectivity index (χ1) is 10.1. The smallest absolute Gasteiger partial charge is 0.336 e. The number of ether oxygens (including phenoxy) is 1. The monoisotopic (exact) mass is 280 g/mol. The lowest BCUT2D eigenvalue weighted by Crippen LogP contribution is -2.03. The Morgan fingerprint density at radius 2 is 1.81 bits per heavy atom. The van der Waals surface area contributed by atoms with Crippen LogP contribution in [0, 0.1) is 6.92 Å². The van der Waals surface area contributed by atoms with Gasteiger partial charge < -0.3 is 9.15 Å². The SMILES string of the molecule is Cc1cc(=O)oc2cc(O[C@H](C)c3ccccc3)ccc12. The maximum Gasteiger partial charge on any atom is 0.336 e. The third-order valence-corrected chi connectivity index (χ3v) is 3.50. The summed E-state index contributed by atoms with van der Waals surface area (Å²) in [6.07, 6.45) is -0.0693. The molecule has 0 amide bonds. The van der Waals surface area contributed by atoms with Gasteiger partial charge in [-0.05, 0) is 37.1 Å². The van der Waals surface area contributed by atoms with E-state index in [0.717, 1.165) is 16.5 Å². The van der Waals surface area contributed by atoms with Crippen LogP contribution in [-0.2, 0) is 0 Å². The molecular formula is C18H16O3. The number of aryl methyl sites for hydroxylation is 1. The number of rotatable bonds is 3. The average Bonchev–Trinajstić information content (AvgIpc) is 2.47. The summed E-state index contributed by atoms with van der Waals surface area (Å²) in [5, 5.41) is 0.925. The Morgan fingerprint density at radius 3 is 2.57 bits per heavy atom. The van der Waals surface area contributed by atoms with Crippen molar-refractivity contribution >= 4 is 11.0 Å². The van der Waals surface area contributed by atoms with Gasteiger partial charge in [-0.15, -0.1) is 0 Å². The molecule has 3 aromatic rings. The lowest BCUT2D eigenvalue weighted by molar-refractivity contribution is 0.227. The van der Waals surface area contributed by atoms with Crippen molar-refractivity contribution in [1.29, 1.82) is 0 Å². The molecule has 106 valence electrons. The molecule has 1 heterocycles. The molecule has 0 radical (unpaired) electrons. The summed E-state index contributed by atoms with van der Waals surface area (Å²) < 4.78 is 11.2. The van der Waals surface area contributed by atoms with Gasteiger partial charge in [0, 0.05) is 17.5 Å². The standard InChI is InChI=1S/C18H16O3/c1-12-10-18(19)21-17-11-15(8-9-16(12)17)20-13(2)14-6-4-3-5-7-14/h3-11,13H,1-2H3/t13-/m1/s1. The molecule has 0 N–H and O–H groups in total. The van der Waals surface area contributed by atoms with Crippen LogP contribution in [0.1, 0.15) is 24.2 Å². The summed E-state index contributed by atoms with van der Waals surface area (Å²) >= 11 is 0. The lowest BCUT2D eigenvalue weighted by Gasteiger charge is -2.15. The van der Waals surface area contributed by atoms with Gasteiger partial charge in [-0.25, -0.2) is 4.79 Å². The Balaban J connectivity index is 1.93. The molecule has 0 fully saturated rings. The molecule has 2 aromatic carbocycles. The molecule has 0 spiro atoms. The van der Waals surface area contributed by atoms with Crippen molar-refractivity contribution in [3.63, 3.8) is 0 Å². The number of hydrogen-bond acceptors (Lipinski definition) is 3. The Labute approximate surface area is 122 Å². The predicted molar refractivity (Wildman–Crippen MR) is 82.7 cm³/mol. The van der Waals surface area contributed by atoms with Crippen molar-refractivity contribution in [2.45, 2.75) is 20.0 Å². The summed E-state index contributed by atoms with van der Waals surface area (Å²) in [5.74, 6) is 0.688. The Bertz CT molecular complexity index is 819. The van der Waals surface area contributed by atoms with Crippen LogP contribution in [0.4, 0.5) is 0 Å². The molecular weight excluding hydrogens is 264 g/mol. The summed E-state index contributed by atoms with van der Waals surface area (Å²) in [6.45, 7) is 3.89. The summed E-state index contributed by atoms with van der Waals surface area (Å²) in [7, 11) is 0. The molecule has 3 heteroatoms. The molecule has 21 heavy (non-hydrogen) atoms. The molecule has 1 aromatic heterocycles. The highest BCUT2D eigenvalue weighted by Gasteiger charge is 2.09. The van der Waals surface area contributed by atoms with Crippen molar-refractivity contribution in [3.05, 3.63) is 76.1 Å². The summed E-state index contributed by atoms with van der Waals surface area (Å²) in [5.41, 5.74) is 2.22. The molecule has 3 nitrogen and oxygen atoms in total. The number of hydrogen-bond donors (Lipinski definition) is 0. The van der Waals surface area contributed by atoms with Crippen LogP contribution in [0.25, 0.3) is 11.0 Å². The third-order valence-electron chi connectivity index (χ3n) is 3.50. The first kappa shape index (κ1) is 13.4. The van der Waals surface area contributed by atoms with Gasteiger partial charge in [-0.1, -0.05) is 30.3 Å². The van der Waals surface area contributed by atoms with Gasteiger partial charge in [0.05, 0.1) is 0 Å². The zero-order valence-corrected chi connectivity index (χ0v) is 12.0. The molecule has 3 rings (SSSR count). The summed E-state index contributed by atoms with van der Waals surface area (Å²) in [4.78, 5) is 11.5. The number of fused-ring (bicyclic) bond motifs is 1. The van der Waals surface area contributed by atoms with E-state index in [9.17, 15) is 4.79 Å². The fourth-order valence-electron chi connectivity index (χ4n) is 2.37. The van der Waals surface area contributed by atoms with E-state index in [1.807, 2.05) is 56.3 Å². The van der Waals surface area contributed by atoms with Crippen LogP contribution in [0.2, 0.25) is 0 Å². The second-order valence-electron chi connectivity index (χ2n) is 5.08. The van der Waals surface area contributed by atoms with Gasteiger partial charge in [-0.3, -0.25) is 0 Å². The van der Waals surface area contributed by atoms with E-state index in [2.05, 4.69) is 0 Å². The average molecular weight is 280 g/mol. The van der Waals surface area contributed by atoms with Crippen molar-refractivity contribution in [1.82, 2.24) is 0 Å². The molecule has 0 aliphatic heterocycles. The zero-order chi connectivity index (χ0) is 14.8. The summed E-state index contributed by atoms with van der Waals surface area (Å²) in [6, 6.07) is 17.1. The largest absolute Gasteiger partial charge is 0.486 e. The maximum atomic E-state index is 11.5. The Morgan fingerprint density at radius 1 is 1.05 bits per heavy atom. The van der Waals surface area contributed by atoms with Crippen molar-refractivity contribution in [2.75, 3.05) is 0 Å². The van der Waals surface area contributed by atoms with E-state index >= 15 is 0 Å². The van der Waals surface area contributed by atoms with Crippen LogP contribution in [0.15, 0.2) is 63.8 Å². The Kier molecular flexibility index (Phi) is 3.48. The molecule has 0 aliphatic rings. The highest BCUT2D eigenvalue weighted by atomic mass is 16.5. The van der Waals surface area contributed by atoms with Gasteiger partial charge >= 0.3 is 5.63 Å². The van der Waals surface area contributed by atoms with E-state index in [-0.39, 0.29) is 11.7 Å².